The Morgan fingerprint density at radius 1 is 1.62 bits per heavy atom. The zero-order valence-electron chi connectivity index (χ0n) is 9.43. The smallest absolute Gasteiger partial charge is 0.209 e. The minimum atomic E-state index is 0.652. The van der Waals surface area contributed by atoms with Crippen LogP contribution in [0.15, 0.2) is 5.16 Å². The summed E-state index contributed by atoms with van der Waals surface area (Å²) in [7, 11) is 1.92. The minimum absolute atomic E-state index is 0.652. The van der Waals surface area contributed by atoms with Crippen molar-refractivity contribution in [2.45, 2.75) is 18.1 Å². The van der Waals surface area contributed by atoms with E-state index in [0.717, 1.165) is 43.6 Å². The third-order valence-corrected chi connectivity index (χ3v) is 3.73. The van der Waals surface area contributed by atoms with E-state index in [9.17, 15) is 0 Å². The standard InChI is InChI=1S/C9H17N5OS/c1-10-3-4-14-9(11-12-13-14)16-7-8-2-5-15-6-8/h8,10H,2-7H2,1H3. The average molecular weight is 243 g/mol. The van der Waals surface area contributed by atoms with Crippen LogP contribution in [0.1, 0.15) is 6.42 Å². The maximum Gasteiger partial charge on any atom is 0.209 e. The van der Waals surface area contributed by atoms with E-state index in [1.807, 2.05) is 11.7 Å². The SMILES string of the molecule is CNCCn1nnnc1SCC1CCOC1. The van der Waals surface area contributed by atoms with Crippen molar-refractivity contribution in [1.29, 1.82) is 0 Å². The molecular weight excluding hydrogens is 226 g/mol. The van der Waals surface area contributed by atoms with Crippen LogP contribution in [0, 0.1) is 5.92 Å². The fraction of sp³-hybridized carbons (Fsp3) is 0.889. The fourth-order valence-corrected chi connectivity index (χ4v) is 2.58. The fourth-order valence-electron chi connectivity index (χ4n) is 1.57. The van der Waals surface area contributed by atoms with Crippen molar-refractivity contribution in [2.24, 2.45) is 5.92 Å². The van der Waals surface area contributed by atoms with Crippen LogP contribution in [0.2, 0.25) is 0 Å². The summed E-state index contributed by atoms with van der Waals surface area (Å²) in [5.74, 6) is 1.69. The molecule has 0 spiro atoms. The molecule has 1 atom stereocenters. The van der Waals surface area contributed by atoms with E-state index in [1.165, 1.54) is 0 Å². The monoisotopic (exact) mass is 243 g/mol. The lowest BCUT2D eigenvalue weighted by atomic mass is 10.2. The summed E-state index contributed by atoms with van der Waals surface area (Å²) in [6.45, 7) is 3.47. The average Bonchev–Trinajstić information content (AvgIpc) is 2.94. The maximum atomic E-state index is 5.34. The third kappa shape index (κ3) is 3.16. The Hall–Kier alpha value is -0.660. The van der Waals surface area contributed by atoms with E-state index in [1.54, 1.807) is 11.8 Å². The van der Waals surface area contributed by atoms with Crippen LogP contribution in [-0.4, -0.2) is 52.8 Å². The summed E-state index contributed by atoms with van der Waals surface area (Å²) in [5.41, 5.74) is 0. The molecule has 1 saturated heterocycles. The number of rotatable bonds is 6. The Balaban J connectivity index is 1.80. The molecule has 0 amide bonds. The molecular formula is C9H17N5OS. The van der Waals surface area contributed by atoms with Gasteiger partial charge in [0.05, 0.1) is 13.2 Å². The summed E-state index contributed by atoms with van der Waals surface area (Å²) in [6.07, 6.45) is 1.16. The lowest BCUT2D eigenvalue weighted by Gasteiger charge is -2.06. The lowest BCUT2D eigenvalue weighted by Crippen LogP contribution is -2.16. The zero-order chi connectivity index (χ0) is 11.2. The number of likely N-dealkylation sites (N-methyl/N-ethyl adjacent to an activating group) is 1. The van der Waals surface area contributed by atoms with Crippen LogP contribution < -0.4 is 5.32 Å². The van der Waals surface area contributed by atoms with Crippen LogP contribution in [-0.2, 0) is 11.3 Å². The Labute approximate surface area is 99.1 Å². The van der Waals surface area contributed by atoms with Gasteiger partial charge in [0.1, 0.15) is 0 Å². The van der Waals surface area contributed by atoms with Gasteiger partial charge in [-0.1, -0.05) is 11.8 Å². The summed E-state index contributed by atoms with van der Waals surface area (Å²) < 4.78 is 7.18. The van der Waals surface area contributed by atoms with Gasteiger partial charge in [0.25, 0.3) is 0 Å². The van der Waals surface area contributed by atoms with Gasteiger partial charge in [-0.05, 0) is 29.8 Å². The van der Waals surface area contributed by atoms with E-state index in [0.29, 0.717) is 5.92 Å². The van der Waals surface area contributed by atoms with E-state index < -0.39 is 0 Å². The summed E-state index contributed by atoms with van der Waals surface area (Å²) in [5, 5.41) is 15.7. The van der Waals surface area contributed by atoms with E-state index in [-0.39, 0.29) is 0 Å². The molecule has 7 heteroatoms. The Bertz CT molecular complexity index is 313. The number of hydrogen-bond donors (Lipinski definition) is 1. The van der Waals surface area contributed by atoms with Crippen molar-refractivity contribution in [1.82, 2.24) is 25.5 Å². The summed E-state index contributed by atoms with van der Waals surface area (Å²) >= 11 is 1.72. The van der Waals surface area contributed by atoms with Crippen molar-refractivity contribution in [3.63, 3.8) is 0 Å². The molecule has 1 N–H and O–H groups in total. The third-order valence-electron chi connectivity index (χ3n) is 2.54. The largest absolute Gasteiger partial charge is 0.381 e. The van der Waals surface area contributed by atoms with Gasteiger partial charge in [-0.3, -0.25) is 0 Å². The van der Waals surface area contributed by atoms with Gasteiger partial charge in [0.15, 0.2) is 0 Å². The van der Waals surface area contributed by atoms with E-state index in [2.05, 4.69) is 20.8 Å². The summed E-state index contributed by atoms with van der Waals surface area (Å²) in [6, 6.07) is 0. The van der Waals surface area contributed by atoms with Gasteiger partial charge >= 0.3 is 0 Å². The first-order valence-electron chi connectivity index (χ1n) is 5.51. The normalized spacial score (nSPS) is 20.4. The van der Waals surface area contributed by atoms with Gasteiger partial charge < -0.3 is 10.1 Å². The lowest BCUT2D eigenvalue weighted by molar-refractivity contribution is 0.189. The first kappa shape index (κ1) is 11.8. The summed E-state index contributed by atoms with van der Waals surface area (Å²) in [4.78, 5) is 0. The number of aromatic nitrogens is 4. The van der Waals surface area contributed by atoms with Gasteiger partial charge in [0, 0.05) is 18.9 Å². The van der Waals surface area contributed by atoms with Crippen LogP contribution in [0.4, 0.5) is 0 Å². The topological polar surface area (TPSA) is 64.9 Å². The Morgan fingerprint density at radius 3 is 3.31 bits per heavy atom. The van der Waals surface area contributed by atoms with Crippen molar-refractivity contribution < 1.29 is 4.74 Å². The predicted molar refractivity (Wildman–Crippen MR) is 61.4 cm³/mol. The van der Waals surface area contributed by atoms with Crippen molar-refractivity contribution in [2.75, 3.05) is 32.6 Å². The molecule has 0 aromatic carbocycles. The van der Waals surface area contributed by atoms with Gasteiger partial charge in [-0.2, -0.15) is 0 Å². The van der Waals surface area contributed by atoms with E-state index in [4.69, 9.17) is 4.74 Å². The number of ether oxygens (including phenoxy) is 1. The first-order valence-corrected chi connectivity index (χ1v) is 6.50. The number of tetrazole rings is 1. The molecule has 0 saturated carbocycles. The molecule has 1 fully saturated rings. The molecule has 0 aliphatic carbocycles. The second-order valence-corrected chi connectivity index (χ2v) is 4.82. The quantitative estimate of drug-likeness (QED) is 0.711. The molecule has 1 aromatic rings. The van der Waals surface area contributed by atoms with E-state index >= 15 is 0 Å². The number of nitrogens with zero attached hydrogens (tertiary/aromatic N) is 4. The van der Waals surface area contributed by atoms with Crippen LogP contribution in [0.5, 0.6) is 0 Å². The number of thioether (sulfide) groups is 1. The highest BCUT2D eigenvalue weighted by Gasteiger charge is 2.17. The zero-order valence-corrected chi connectivity index (χ0v) is 10.2. The second-order valence-electron chi connectivity index (χ2n) is 3.83. The van der Waals surface area contributed by atoms with Crippen molar-refractivity contribution in [3.05, 3.63) is 0 Å². The van der Waals surface area contributed by atoms with Crippen molar-refractivity contribution >= 4 is 11.8 Å². The highest BCUT2D eigenvalue weighted by Crippen LogP contribution is 2.22. The predicted octanol–water partition coefficient (Wildman–Crippen LogP) is 0.0211. The molecule has 1 aromatic heterocycles. The molecule has 16 heavy (non-hydrogen) atoms. The molecule has 2 heterocycles. The Morgan fingerprint density at radius 2 is 2.56 bits per heavy atom. The molecule has 1 unspecified atom stereocenters. The van der Waals surface area contributed by atoms with Gasteiger partial charge in [0.2, 0.25) is 5.16 Å². The molecule has 0 radical (unpaired) electrons. The molecule has 90 valence electrons. The highest BCUT2D eigenvalue weighted by molar-refractivity contribution is 7.99. The van der Waals surface area contributed by atoms with Gasteiger partial charge in [-0.25, -0.2) is 4.68 Å². The second kappa shape index (κ2) is 6.17. The molecule has 2 rings (SSSR count). The number of nitrogens with one attached hydrogen (secondary N) is 1. The maximum absolute atomic E-state index is 5.34. The van der Waals surface area contributed by atoms with Crippen LogP contribution in [0.25, 0.3) is 0 Å². The highest BCUT2D eigenvalue weighted by atomic mass is 32.2. The Kier molecular flexibility index (Phi) is 4.55. The molecule has 6 nitrogen and oxygen atoms in total. The molecule has 0 bridgehead atoms. The number of hydrogen-bond acceptors (Lipinski definition) is 6. The minimum Gasteiger partial charge on any atom is -0.381 e. The molecule has 1 aliphatic heterocycles. The van der Waals surface area contributed by atoms with Crippen molar-refractivity contribution in [3.8, 4) is 0 Å². The van der Waals surface area contributed by atoms with Gasteiger partial charge in [-0.15, -0.1) is 5.10 Å². The molecule has 1 aliphatic rings. The van der Waals surface area contributed by atoms with Crippen LogP contribution >= 0.6 is 11.8 Å². The first-order chi connectivity index (χ1) is 7.90. The van der Waals surface area contributed by atoms with Crippen LogP contribution in [0.3, 0.4) is 0 Å².